The monoisotopic (exact) mass is 269 g/mol. The van der Waals surface area contributed by atoms with Gasteiger partial charge in [0.1, 0.15) is 6.04 Å². The number of hydrogen-bond acceptors (Lipinski definition) is 4. The van der Waals surface area contributed by atoms with Gasteiger partial charge in [0.25, 0.3) is 5.91 Å². The second kappa shape index (κ2) is 5.51. The molecule has 2 N–H and O–H groups in total. The van der Waals surface area contributed by atoms with Gasteiger partial charge in [-0.25, -0.2) is 9.36 Å². The van der Waals surface area contributed by atoms with E-state index in [0.717, 1.165) is 4.57 Å². The van der Waals surface area contributed by atoms with Crippen LogP contribution in [0.2, 0.25) is 0 Å². The van der Waals surface area contributed by atoms with Crippen LogP contribution in [0.15, 0.2) is 12.1 Å². The zero-order valence-corrected chi connectivity index (χ0v) is 10.8. The summed E-state index contributed by atoms with van der Waals surface area (Å²) in [6, 6.07) is 1.44. The Bertz CT molecular complexity index is 520. The Morgan fingerprint density at radius 3 is 2.37 bits per heavy atom. The van der Waals surface area contributed by atoms with Gasteiger partial charge in [-0.05, 0) is 16.9 Å². The first-order chi connectivity index (χ1) is 8.75. The first-order valence-electron chi connectivity index (χ1n) is 5.59. The number of amides is 1. The summed E-state index contributed by atoms with van der Waals surface area (Å²) < 4.78 is 1.11. The summed E-state index contributed by atoms with van der Waals surface area (Å²) in [5.74, 6) is -2.33. The maximum atomic E-state index is 11.9. The third kappa shape index (κ3) is 3.09. The first-order valence-corrected chi connectivity index (χ1v) is 5.59. The average molecular weight is 269 g/mol. The standard InChI is InChI=1S/C11H15N3O5/c1-6(2)9(11(16)17)12-10(15)7-4-5-8(13(7)3)14(18)19/h4-6,9H,1-3H3,(H,12,15)(H,16,17)/t9-/m0/s1. The Morgan fingerprint density at radius 2 is 2.00 bits per heavy atom. The first kappa shape index (κ1) is 14.7. The lowest BCUT2D eigenvalue weighted by Crippen LogP contribution is -2.44. The number of hydrogen-bond donors (Lipinski definition) is 2. The van der Waals surface area contributed by atoms with E-state index in [1.807, 2.05) is 0 Å². The zero-order chi connectivity index (χ0) is 14.7. The van der Waals surface area contributed by atoms with Crippen LogP contribution in [-0.2, 0) is 11.8 Å². The van der Waals surface area contributed by atoms with Crippen molar-refractivity contribution in [3.05, 3.63) is 27.9 Å². The third-order valence-electron chi connectivity index (χ3n) is 2.73. The van der Waals surface area contributed by atoms with Crippen LogP contribution >= 0.6 is 0 Å². The second-order valence-corrected chi connectivity index (χ2v) is 4.43. The van der Waals surface area contributed by atoms with E-state index in [0.29, 0.717) is 0 Å². The largest absolute Gasteiger partial charge is 0.480 e. The number of nitro groups is 1. The van der Waals surface area contributed by atoms with Gasteiger partial charge in [-0.2, -0.15) is 0 Å². The summed E-state index contributed by atoms with van der Waals surface area (Å²) in [5.41, 5.74) is 0.0404. The molecule has 8 nitrogen and oxygen atoms in total. The normalized spacial score (nSPS) is 12.2. The van der Waals surface area contributed by atoms with Gasteiger partial charge in [0.15, 0.2) is 5.69 Å². The maximum Gasteiger partial charge on any atom is 0.326 e. The molecule has 1 amide bonds. The summed E-state index contributed by atoms with van der Waals surface area (Å²) >= 11 is 0. The number of nitrogens with one attached hydrogen (secondary N) is 1. The van der Waals surface area contributed by atoms with E-state index in [-0.39, 0.29) is 17.4 Å². The van der Waals surface area contributed by atoms with E-state index in [9.17, 15) is 19.7 Å². The lowest BCUT2D eigenvalue weighted by atomic mass is 10.0. The van der Waals surface area contributed by atoms with Crippen molar-refractivity contribution < 1.29 is 19.6 Å². The Kier molecular flexibility index (Phi) is 4.26. The van der Waals surface area contributed by atoms with E-state index in [1.54, 1.807) is 13.8 Å². The molecule has 1 aromatic rings. The van der Waals surface area contributed by atoms with Crippen LogP contribution in [0.5, 0.6) is 0 Å². The van der Waals surface area contributed by atoms with Crippen molar-refractivity contribution in [1.82, 2.24) is 9.88 Å². The van der Waals surface area contributed by atoms with Crippen molar-refractivity contribution in [3.63, 3.8) is 0 Å². The van der Waals surface area contributed by atoms with Gasteiger partial charge in [-0.3, -0.25) is 4.79 Å². The number of carboxylic acids is 1. The lowest BCUT2D eigenvalue weighted by molar-refractivity contribution is -0.391. The summed E-state index contributed by atoms with van der Waals surface area (Å²) in [7, 11) is 1.37. The molecule has 0 aliphatic heterocycles. The Morgan fingerprint density at radius 1 is 1.42 bits per heavy atom. The van der Waals surface area contributed by atoms with Crippen LogP contribution in [-0.4, -0.2) is 32.5 Å². The van der Waals surface area contributed by atoms with Crippen LogP contribution in [0.3, 0.4) is 0 Å². The molecule has 19 heavy (non-hydrogen) atoms. The topological polar surface area (TPSA) is 114 Å². The Hall–Kier alpha value is -2.38. The molecule has 0 aromatic carbocycles. The van der Waals surface area contributed by atoms with E-state index in [4.69, 9.17) is 5.11 Å². The fourth-order valence-electron chi connectivity index (χ4n) is 1.64. The van der Waals surface area contributed by atoms with Gasteiger partial charge in [0.05, 0.1) is 7.05 Å². The average Bonchev–Trinajstić information content (AvgIpc) is 2.66. The van der Waals surface area contributed by atoms with Crippen molar-refractivity contribution in [2.24, 2.45) is 13.0 Å². The van der Waals surface area contributed by atoms with Gasteiger partial charge < -0.3 is 20.5 Å². The highest BCUT2D eigenvalue weighted by atomic mass is 16.6. The molecule has 0 saturated carbocycles. The van der Waals surface area contributed by atoms with E-state index >= 15 is 0 Å². The van der Waals surface area contributed by atoms with E-state index < -0.39 is 22.8 Å². The van der Waals surface area contributed by atoms with Gasteiger partial charge in [0.2, 0.25) is 0 Å². The van der Waals surface area contributed by atoms with Crippen LogP contribution < -0.4 is 5.32 Å². The predicted molar refractivity (Wildman–Crippen MR) is 65.8 cm³/mol. The van der Waals surface area contributed by atoms with Crippen molar-refractivity contribution in [2.75, 3.05) is 0 Å². The Balaban J connectivity index is 2.95. The molecule has 1 atom stereocenters. The minimum Gasteiger partial charge on any atom is -0.480 e. The number of aliphatic carboxylic acids is 1. The van der Waals surface area contributed by atoms with Gasteiger partial charge in [-0.15, -0.1) is 0 Å². The number of carboxylic acid groups (broad SMARTS) is 1. The summed E-state index contributed by atoms with van der Waals surface area (Å²) in [4.78, 5) is 32.9. The highest BCUT2D eigenvalue weighted by Crippen LogP contribution is 2.15. The molecule has 0 unspecified atom stereocenters. The smallest absolute Gasteiger partial charge is 0.326 e. The molecule has 0 saturated heterocycles. The van der Waals surface area contributed by atoms with E-state index in [2.05, 4.69) is 5.32 Å². The van der Waals surface area contributed by atoms with Crippen LogP contribution in [0, 0.1) is 16.0 Å². The van der Waals surface area contributed by atoms with Crippen molar-refractivity contribution in [2.45, 2.75) is 19.9 Å². The van der Waals surface area contributed by atoms with Crippen molar-refractivity contribution in [1.29, 1.82) is 0 Å². The van der Waals surface area contributed by atoms with Gasteiger partial charge in [0, 0.05) is 6.07 Å². The van der Waals surface area contributed by atoms with E-state index in [1.165, 1.54) is 19.2 Å². The summed E-state index contributed by atoms with van der Waals surface area (Å²) in [6.45, 7) is 3.32. The van der Waals surface area contributed by atoms with Crippen LogP contribution in [0.1, 0.15) is 24.3 Å². The number of aromatic nitrogens is 1. The highest BCUT2D eigenvalue weighted by Gasteiger charge is 2.27. The number of rotatable bonds is 5. The third-order valence-corrected chi connectivity index (χ3v) is 2.73. The molecule has 1 heterocycles. The number of nitrogens with zero attached hydrogens (tertiary/aromatic N) is 2. The molecule has 1 rings (SSSR count). The fraction of sp³-hybridized carbons (Fsp3) is 0.455. The summed E-state index contributed by atoms with van der Waals surface area (Å²) in [6.07, 6.45) is 0. The molecule has 0 radical (unpaired) electrons. The SMILES string of the molecule is CC(C)[C@H](NC(=O)c1ccc([N+](=O)[O-])n1C)C(=O)O. The van der Waals surface area contributed by atoms with Gasteiger partial charge >= 0.3 is 11.8 Å². The minimum absolute atomic E-state index is 0.0404. The molecular weight excluding hydrogens is 254 g/mol. The highest BCUT2D eigenvalue weighted by molar-refractivity contribution is 5.95. The fourth-order valence-corrected chi connectivity index (χ4v) is 1.64. The van der Waals surface area contributed by atoms with Crippen molar-refractivity contribution >= 4 is 17.7 Å². The molecule has 104 valence electrons. The minimum atomic E-state index is -1.15. The lowest BCUT2D eigenvalue weighted by Gasteiger charge is -2.17. The molecule has 0 fully saturated rings. The maximum absolute atomic E-state index is 11.9. The molecule has 0 aliphatic rings. The molecule has 1 aromatic heterocycles. The van der Waals surface area contributed by atoms with Gasteiger partial charge in [-0.1, -0.05) is 13.8 Å². The zero-order valence-electron chi connectivity index (χ0n) is 10.8. The van der Waals surface area contributed by atoms with Crippen LogP contribution in [0.25, 0.3) is 0 Å². The number of carbonyl (C=O) groups excluding carboxylic acids is 1. The summed E-state index contributed by atoms with van der Waals surface area (Å²) in [5, 5.41) is 22.0. The number of carbonyl (C=O) groups is 2. The molecular formula is C11H15N3O5. The molecule has 8 heteroatoms. The quantitative estimate of drug-likeness (QED) is 0.605. The molecule has 0 bridgehead atoms. The molecule has 0 aliphatic carbocycles. The Labute approximate surface area is 109 Å². The van der Waals surface area contributed by atoms with Crippen LogP contribution in [0.4, 0.5) is 5.82 Å². The predicted octanol–water partition coefficient (Wildman–Crippen LogP) is 0.772. The second-order valence-electron chi connectivity index (χ2n) is 4.43. The molecule has 0 spiro atoms. The van der Waals surface area contributed by atoms with Crippen molar-refractivity contribution in [3.8, 4) is 0 Å².